The fraction of sp³-hybridized carbons (Fsp3) is 0.533. The standard InChI is InChI=1S/C15H20N2S/c1-11-14(8-9-18-11)17-13-6-4-12(5-7-13)15(2,3)10-16/h4-7,11,14,17H,8-9H2,1-3H3. The van der Waals surface area contributed by atoms with Crippen molar-refractivity contribution < 1.29 is 0 Å². The summed E-state index contributed by atoms with van der Waals surface area (Å²) in [5.41, 5.74) is 1.82. The molecule has 2 nitrogen and oxygen atoms in total. The van der Waals surface area contributed by atoms with Gasteiger partial charge in [-0.15, -0.1) is 0 Å². The molecule has 0 bridgehead atoms. The predicted molar refractivity (Wildman–Crippen MR) is 79.0 cm³/mol. The molecule has 1 saturated heterocycles. The third-order valence-corrected chi connectivity index (χ3v) is 4.94. The van der Waals surface area contributed by atoms with Crippen molar-refractivity contribution in [2.75, 3.05) is 11.1 Å². The zero-order valence-corrected chi connectivity index (χ0v) is 12.1. The van der Waals surface area contributed by atoms with E-state index in [0.29, 0.717) is 11.3 Å². The fourth-order valence-corrected chi connectivity index (χ4v) is 3.38. The maximum atomic E-state index is 9.11. The summed E-state index contributed by atoms with van der Waals surface area (Å²) in [5.74, 6) is 1.25. The molecule has 18 heavy (non-hydrogen) atoms. The number of hydrogen-bond donors (Lipinski definition) is 1. The van der Waals surface area contributed by atoms with Crippen LogP contribution >= 0.6 is 11.8 Å². The van der Waals surface area contributed by atoms with E-state index >= 15 is 0 Å². The lowest BCUT2D eigenvalue weighted by molar-refractivity contribution is 0.686. The van der Waals surface area contributed by atoms with Crippen molar-refractivity contribution in [2.45, 2.75) is 43.9 Å². The molecule has 0 saturated carbocycles. The zero-order valence-electron chi connectivity index (χ0n) is 11.2. The highest BCUT2D eigenvalue weighted by molar-refractivity contribution is 8.00. The number of hydrogen-bond acceptors (Lipinski definition) is 3. The van der Waals surface area contributed by atoms with E-state index in [1.807, 2.05) is 25.6 Å². The van der Waals surface area contributed by atoms with Gasteiger partial charge >= 0.3 is 0 Å². The molecule has 1 aliphatic heterocycles. The van der Waals surface area contributed by atoms with Crippen LogP contribution in [0.5, 0.6) is 0 Å². The predicted octanol–water partition coefficient (Wildman–Crippen LogP) is 3.79. The molecule has 0 radical (unpaired) electrons. The monoisotopic (exact) mass is 260 g/mol. The highest BCUT2D eigenvalue weighted by atomic mass is 32.2. The summed E-state index contributed by atoms with van der Waals surface area (Å²) in [6.45, 7) is 6.18. The Morgan fingerprint density at radius 2 is 2.00 bits per heavy atom. The molecule has 0 aromatic heterocycles. The Bertz CT molecular complexity index is 445. The Morgan fingerprint density at radius 1 is 1.33 bits per heavy atom. The fourth-order valence-electron chi connectivity index (χ4n) is 2.18. The van der Waals surface area contributed by atoms with Gasteiger partial charge in [-0.3, -0.25) is 0 Å². The second-order valence-corrected chi connectivity index (χ2v) is 6.91. The van der Waals surface area contributed by atoms with Crippen LogP contribution in [0.2, 0.25) is 0 Å². The zero-order chi connectivity index (χ0) is 13.2. The van der Waals surface area contributed by atoms with Crippen molar-refractivity contribution in [2.24, 2.45) is 0 Å². The molecule has 0 aliphatic carbocycles. The molecule has 1 aromatic carbocycles. The highest BCUT2D eigenvalue weighted by Gasteiger charge is 2.24. The van der Waals surface area contributed by atoms with Gasteiger partial charge in [-0.2, -0.15) is 17.0 Å². The van der Waals surface area contributed by atoms with Gasteiger partial charge in [-0.05, 0) is 43.7 Å². The first-order valence-corrected chi connectivity index (χ1v) is 7.48. The lowest BCUT2D eigenvalue weighted by Gasteiger charge is -2.20. The lowest BCUT2D eigenvalue weighted by Crippen LogP contribution is -2.24. The van der Waals surface area contributed by atoms with Crippen LogP contribution in [-0.4, -0.2) is 17.0 Å². The molecule has 0 spiro atoms. The quantitative estimate of drug-likeness (QED) is 0.898. The maximum Gasteiger partial charge on any atom is 0.0766 e. The molecular formula is C15H20N2S. The second kappa shape index (κ2) is 5.24. The Balaban J connectivity index is 2.07. The van der Waals surface area contributed by atoms with Crippen molar-refractivity contribution in [3.8, 4) is 6.07 Å². The summed E-state index contributed by atoms with van der Waals surface area (Å²) >= 11 is 2.03. The molecular weight excluding hydrogens is 240 g/mol. The van der Waals surface area contributed by atoms with E-state index in [2.05, 4.69) is 42.6 Å². The molecule has 2 atom stereocenters. The normalized spacial score (nSPS) is 23.7. The maximum absolute atomic E-state index is 9.11. The van der Waals surface area contributed by atoms with Gasteiger partial charge in [-0.1, -0.05) is 19.1 Å². The van der Waals surface area contributed by atoms with Gasteiger partial charge in [0.2, 0.25) is 0 Å². The number of anilines is 1. The van der Waals surface area contributed by atoms with Crippen LogP contribution in [0.4, 0.5) is 5.69 Å². The molecule has 2 unspecified atom stereocenters. The summed E-state index contributed by atoms with van der Waals surface area (Å²) in [7, 11) is 0. The summed E-state index contributed by atoms with van der Waals surface area (Å²) in [6.07, 6.45) is 1.23. The average Bonchev–Trinajstić information content (AvgIpc) is 2.76. The smallest absolute Gasteiger partial charge is 0.0766 e. The van der Waals surface area contributed by atoms with Crippen LogP contribution in [0.25, 0.3) is 0 Å². The summed E-state index contributed by atoms with van der Waals surface area (Å²) < 4.78 is 0. The van der Waals surface area contributed by atoms with E-state index in [9.17, 15) is 0 Å². The summed E-state index contributed by atoms with van der Waals surface area (Å²) in [5, 5.41) is 13.4. The molecule has 1 aliphatic rings. The van der Waals surface area contributed by atoms with Gasteiger partial charge in [-0.25, -0.2) is 0 Å². The molecule has 3 heteroatoms. The van der Waals surface area contributed by atoms with E-state index in [4.69, 9.17) is 5.26 Å². The summed E-state index contributed by atoms with van der Waals surface area (Å²) in [6, 6.07) is 11.2. The van der Waals surface area contributed by atoms with Crippen LogP contribution in [0.15, 0.2) is 24.3 Å². The topological polar surface area (TPSA) is 35.8 Å². The van der Waals surface area contributed by atoms with Gasteiger partial charge in [0.05, 0.1) is 11.5 Å². The number of benzene rings is 1. The Morgan fingerprint density at radius 3 is 2.50 bits per heavy atom. The first kappa shape index (κ1) is 13.3. The number of nitriles is 1. The van der Waals surface area contributed by atoms with E-state index < -0.39 is 5.41 Å². The van der Waals surface area contributed by atoms with E-state index in [1.54, 1.807) is 0 Å². The van der Waals surface area contributed by atoms with Crippen LogP contribution in [0, 0.1) is 11.3 Å². The van der Waals surface area contributed by atoms with E-state index in [-0.39, 0.29) is 0 Å². The SMILES string of the molecule is CC1SCCC1Nc1ccc(C(C)(C)C#N)cc1. The lowest BCUT2D eigenvalue weighted by atomic mass is 9.86. The van der Waals surface area contributed by atoms with Gasteiger partial charge in [0.25, 0.3) is 0 Å². The Labute approximate surface area is 114 Å². The third kappa shape index (κ3) is 2.81. The van der Waals surface area contributed by atoms with Crippen molar-refractivity contribution in [1.82, 2.24) is 0 Å². The number of rotatable bonds is 3. The minimum atomic E-state index is -0.408. The summed E-state index contributed by atoms with van der Waals surface area (Å²) in [4.78, 5) is 0. The first-order chi connectivity index (χ1) is 8.53. The van der Waals surface area contributed by atoms with Crippen LogP contribution in [-0.2, 0) is 5.41 Å². The molecule has 1 heterocycles. The van der Waals surface area contributed by atoms with Gasteiger partial charge in [0, 0.05) is 17.0 Å². The molecule has 96 valence electrons. The largest absolute Gasteiger partial charge is 0.381 e. The van der Waals surface area contributed by atoms with Crippen molar-refractivity contribution >= 4 is 17.4 Å². The van der Waals surface area contributed by atoms with E-state index in [1.165, 1.54) is 12.2 Å². The first-order valence-electron chi connectivity index (χ1n) is 6.43. The minimum Gasteiger partial charge on any atom is -0.381 e. The third-order valence-electron chi connectivity index (χ3n) is 3.61. The van der Waals surface area contributed by atoms with Crippen LogP contribution in [0.3, 0.4) is 0 Å². The van der Waals surface area contributed by atoms with Crippen LogP contribution in [0.1, 0.15) is 32.8 Å². The number of nitrogens with zero attached hydrogens (tertiary/aromatic N) is 1. The van der Waals surface area contributed by atoms with Crippen molar-refractivity contribution in [1.29, 1.82) is 5.26 Å². The molecule has 1 N–H and O–H groups in total. The number of nitrogens with one attached hydrogen (secondary N) is 1. The Kier molecular flexibility index (Phi) is 3.87. The van der Waals surface area contributed by atoms with Crippen molar-refractivity contribution in [3.63, 3.8) is 0 Å². The van der Waals surface area contributed by atoms with Crippen LogP contribution < -0.4 is 5.32 Å². The highest BCUT2D eigenvalue weighted by Crippen LogP contribution is 2.29. The van der Waals surface area contributed by atoms with Gasteiger partial charge in [0.1, 0.15) is 0 Å². The number of thioether (sulfide) groups is 1. The molecule has 1 aromatic rings. The van der Waals surface area contributed by atoms with E-state index in [0.717, 1.165) is 11.3 Å². The average molecular weight is 260 g/mol. The molecule has 0 amide bonds. The minimum absolute atomic E-state index is 0.408. The molecule has 1 fully saturated rings. The molecule has 2 rings (SSSR count). The second-order valence-electron chi connectivity index (χ2n) is 5.43. The van der Waals surface area contributed by atoms with Gasteiger partial charge < -0.3 is 5.32 Å². The Hall–Kier alpha value is -1.14. The van der Waals surface area contributed by atoms with Crippen molar-refractivity contribution in [3.05, 3.63) is 29.8 Å². The van der Waals surface area contributed by atoms with Gasteiger partial charge in [0.15, 0.2) is 0 Å².